The van der Waals surface area contributed by atoms with Gasteiger partial charge in [0.05, 0.1) is 0 Å². The molecular weight excluding hydrogens is 492 g/mol. The zero-order valence-corrected chi connectivity index (χ0v) is 21.9. The minimum absolute atomic E-state index is 0.0529. The van der Waals surface area contributed by atoms with Gasteiger partial charge in [0.1, 0.15) is 11.5 Å². The average Bonchev–Trinajstić information content (AvgIpc) is 2.92. The van der Waals surface area contributed by atoms with Crippen LogP contribution in [0.5, 0.6) is 17.2 Å². The Bertz CT molecular complexity index is 1140. The Morgan fingerprint density at radius 1 is 0.763 bits per heavy atom. The number of hydrogen-bond acceptors (Lipinski definition) is 2. The van der Waals surface area contributed by atoms with Crippen molar-refractivity contribution in [2.75, 3.05) is 0 Å². The quantitative estimate of drug-likeness (QED) is 0.172. The molecule has 0 N–H and O–H groups in total. The molecule has 1 saturated carbocycles. The zero-order chi connectivity index (χ0) is 26.9. The molecule has 38 heavy (non-hydrogen) atoms. The van der Waals surface area contributed by atoms with E-state index in [-0.39, 0.29) is 17.2 Å². The SMILES string of the molecule is CCCCC[C@H]1CC[C@H](CCc2ccc(-c3ccc(F)c(F)c3Oc3ccc(OC(F)F)cc3)cc2)CC1. The Kier molecular flexibility index (Phi) is 10.1. The Hall–Kier alpha value is -3.02. The number of aryl methyl sites for hydroxylation is 1. The molecule has 0 heterocycles. The van der Waals surface area contributed by atoms with Crippen molar-refractivity contribution in [2.24, 2.45) is 11.8 Å². The maximum Gasteiger partial charge on any atom is 0.387 e. The number of unbranched alkanes of at least 4 members (excludes halogenated alkanes) is 2. The van der Waals surface area contributed by atoms with Gasteiger partial charge in [0.15, 0.2) is 11.6 Å². The van der Waals surface area contributed by atoms with Gasteiger partial charge in [-0.25, -0.2) is 4.39 Å². The van der Waals surface area contributed by atoms with Crippen LogP contribution in [-0.2, 0) is 6.42 Å². The highest BCUT2D eigenvalue weighted by molar-refractivity contribution is 5.71. The average molecular weight is 529 g/mol. The lowest BCUT2D eigenvalue weighted by Gasteiger charge is -2.28. The van der Waals surface area contributed by atoms with Crippen LogP contribution in [0.3, 0.4) is 0 Å². The standard InChI is InChI=1S/C32H36F4O2/c1-2-3-4-5-22-6-8-23(9-7-22)10-11-24-12-14-25(15-13-24)28-20-21-29(33)30(34)31(28)37-26-16-18-27(19-17-26)38-32(35)36/h12-23,32H,2-11H2,1H3/t22-,23-. The van der Waals surface area contributed by atoms with E-state index in [1.165, 1.54) is 93.7 Å². The summed E-state index contributed by atoms with van der Waals surface area (Å²) in [7, 11) is 0. The first-order valence-electron chi connectivity index (χ1n) is 13.7. The van der Waals surface area contributed by atoms with E-state index in [2.05, 4.69) is 11.7 Å². The van der Waals surface area contributed by atoms with Crippen molar-refractivity contribution in [1.82, 2.24) is 0 Å². The third kappa shape index (κ3) is 7.75. The first-order valence-corrected chi connectivity index (χ1v) is 13.7. The van der Waals surface area contributed by atoms with Crippen LogP contribution in [0.25, 0.3) is 11.1 Å². The van der Waals surface area contributed by atoms with E-state index in [0.717, 1.165) is 24.3 Å². The Morgan fingerprint density at radius 2 is 1.39 bits per heavy atom. The topological polar surface area (TPSA) is 18.5 Å². The van der Waals surface area contributed by atoms with Crippen molar-refractivity contribution < 1.29 is 27.0 Å². The molecule has 1 aliphatic rings. The highest BCUT2D eigenvalue weighted by Crippen LogP contribution is 2.38. The van der Waals surface area contributed by atoms with Crippen LogP contribution in [-0.4, -0.2) is 6.61 Å². The van der Waals surface area contributed by atoms with Gasteiger partial charge >= 0.3 is 6.61 Å². The van der Waals surface area contributed by atoms with E-state index < -0.39 is 18.2 Å². The second-order valence-electron chi connectivity index (χ2n) is 10.3. The van der Waals surface area contributed by atoms with E-state index in [9.17, 15) is 17.6 Å². The van der Waals surface area contributed by atoms with Crippen molar-refractivity contribution in [3.63, 3.8) is 0 Å². The van der Waals surface area contributed by atoms with Crippen LogP contribution in [0, 0.1) is 23.5 Å². The van der Waals surface area contributed by atoms with Crippen LogP contribution in [0.15, 0.2) is 60.7 Å². The fourth-order valence-electron chi connectivity index (χ4n) is 5.38. The monoisotopic (exact) mass is 528 g/mol. The summed E-state index contributed by atoms with van der Waals surface area (Å²) in [6.07, 6.45) is 12.9. The molecule has 0 atom stereocenters. The summed E-state index contributed by atoms with van der Waals surface area (Å²) in [5, 5.41) is 0. The molecule has 0 aromatic heterocycles. The molecule has 3 aromatic carbocycles. The second-order valence-corrected chi connectivity index (χ2v) is 10.3. The summed E-state index contributed by atoms with van der Waals surface area (Å²) in [6.45, 7) is -0.695. The van der Waals surface area contributed by atoms with Gasteiger partial charge in [0.2, 0.25) is 5.82 Å². The van der Waals surface area contributed by atoms with Gasteiger partial charge in [0.25, 0.3) is 0 Å². The lowest BCUT2D eigenvalue weighted by molar-refractivity contribution is -0.0498. The largest absolute Gasteiger partial charge is 0.454 e. The van der Waals surface area contributed by atoms with E-state index in [1.807, 2.05) is 24.3 Å². The lowest BCUT2D eigenvalue weighted by Crippen LogP contribution is -2.15. The number of rotatable bonds is 12. The minimum atomic E-state index is -2.95. The van der Waals surface area contributed by atoms with E-state index in [1.54, 1.807) is 0 Å². The smallest absolute Gasteiger partial charge is 0.387 e. The summed E-state index contributed by atoms with van der Waals surface area (Å²) < 4.78 is 63.6. The molecule has 1 fully saturated rings. The van der Waals surface area contributed by atoms with Crippen molar-refractivity contribution in [1.29, 1.82) is 0 Å². The molecule has 0 amide bonds. The molecule has 0 spiro atoms. The Balaban J connectivity index is 1.38. The molecule has 0 saturated heterocycles. The predicted molar refractivity (Wildman–Crippen MR) is 143 cm³/mol. The van der Waals surface area contributed by atoms with Gasteiger partial charge in [-0.1, -0.05) is 82.6 Å². The summed E-state index contributed by atoms with van der Waals surface area (Å²) in [4.78, 5) is 0. The van der Waals surface area contributed by atoms with Crippen molar-refractivity contribution in [3.8, 4) is 28.4 Å². The zero-order valence-electron chi connectivity index (χ0n) is 21.9. The van der Waals surface area contributed by atoms with Crippen molar-refractivity contribution in [2.45, 2.75) is 77.7 Å². The molecule has 0 unspecified atom stereocenters. The normalized spacial score (nSPS) is 17.5. The van der Waals surface area contributed by atoms with E-state index in [0.29, 0.717) is 11.1 Å². The minimum Gasteiger partial charge on any atom is -0.454 e. The van der Waals surface area contributed by atoms with Gasteiger partial charge < -0.3 is 9.47 Å². The Morgan fingerprint density at radius 3 is 2.03 bits per heavy atom. The van der Waals surface area contributed by atoms with Crippen molar-refractivity contribution >= 4 is 0 Å². The molecular formula is C32H36F4O2. The summed E-state index contributed by atoms with van der Waals surface area (Å²) in [6, 6.07) is 15.7. The van der Waals surface area contributed by atoms with Crippen LogP contribution in [0.4, 0.5) is 17.6 Å². The van der Waals surface area contributed by atoms with Gasteiger partial charge in [0, 0.05) is 5.56 Å². The lowest BCUT2D eigenvalue weighted by atomic mass is 9.78. The van der Waals surface area contributed by atoms with Gasteiger partial charge in [-0.3, -0.25) is 0 Å². The Labute approximate surface area is 223 Å². The number of alkyl halides is 2. The first-order chi connectivity index (χ1) is 18.4. The molecule has 1 aliphatic carbocycles. The summed E-state index contributed by atoms with van der Waals surface area (Å²) >= 11 is 0. The molecule has 0 aliphatic heterocycles. The van der Waals surface area contributed by atoms with Crippen LogP contribution in [0.2, 0.25) is 0 Å². The number of benzene rings is 3. The van der Waals surface area contributed by atoms with Gasteiger partial charge in [-0.05, 0) is 72.2 Å². The molecule has 2 nitrogen and oxygen atoms in total. The van der Waals surface area contributed by atoms with E-state index >= 15 is 0 Å². The molecule has 4 rings (SSSR count). The third-order valence-electron chi connectivity index (χ3n) is 7.61. The molecule has 6 heteroatoms. The maximum atomic E-state index is 14.8. The summed E-state index contributed by atoms with van der Waals surface area (Å²) in [5.74, 6) is -0.579. The highest BCUT2D eigenvalue weighted by Gasteiger charge is 2.21. The molecule has 0 radical (unpaired) electrons. The van der Waals surface area contributed by atoms with Crippen LogP contribution < -0.4 is 9.47 Å². The highest BCUT2D eigenvalue weighted by atomic mass is 19.3. The predicted octanol–water partition coefficient (Wildman–Crippen LogP) is 10.3. The molecule has 204 valence electrons. The second kappa shape index (κ2) is 13.7. The molecule has 3 aromatic rings. The molecule has 0 bridgehead atoms. The number of halogens is 4. The fourth-order valence-corrected chi connectivity index (χ4v) is 5.38. The fraction of sp³-hybridized carbons (Fsp3) is 0.438. The maximum absolute atomic E-state index is 14.8. The van der Waals surface area contributed by atoms with Gasteiger partial charge in [-0.2, -0.15) is 13.2 Å². The van der Waals surface area contributed by atoms with Crippen LogP contribution >= 0.6 is 0 Å². The van der Waals surface area contributed by atoms with Crippen LogP contribution in [0.1, 0.15) is 70.3 Å². The number of hydrogen-bond donors (Lipinski definition) is 0. The first kappa shape index (κ1) is 28.0. The number of ether oxygens (including phenoxy) is 2. The van der Waals surface area contributed by atoms with Gasteiger partial charge in [-0.15, -0.1) is 0 Å². The third-order valence-corrected chi connectivity index (χ3v) is 7.61. The van der Waals surface area contributed by atoms with E-state index in [4.69, 9.17) is 4.74 Å². The summed E-state index contributed by atoms with van der Waals surface area (Å²) in [5.41, 5.74) is 2.33. The van der Waals surface area contributed by atoms with Crippen molar-refractivity contribution in [3.05, 3.63) is 77.9 Å².